The summed E-state index contributed by atoms with van der Waals surface area (Å²) < 4.78 is 5.63. The fourth-order valence-electron chi connectivity index (χ4n) is 5.98. The second-order valence-corrected chi connectivity index (χ2v) is 10.1. The molecule has 188 valence electrons. The van der Waals surface area contributed by atoms with E-state index in [-0.39, 0.29) is 6.61 Å². The van der Waals surface area contributed by atoms with Crippen LogP contribution in [0.1, 0.15) is 11.1 Å². The van der Waals surface area contributed by atoms with Crippen LogP contribution in [0.25, 0.3) is 55.3 Å². The van der Waals surface area contributed by atoms with Gasteiger partial charge in [0.25, 0.3) is 0 Å². The summed E-state index contributed by atoms with van der Waals surface area (Å²) in [7, 11) is 0. The molecule has 0 amide bonds. The maximum Gasteiger partial charge on any atom is 0.120 e. The van der Waals surface area contributed by atoms with E-state index < -0.39 is 0 Å². The predicted molar refractivity (Wildman–Crippen MR) is 161 cm³/mol. The van der Waals surface area contributed by atoms with Crippen molar-refractivity contribution in [2.75, 3.05) is 13.2 Å². The van der Waals surface area contributed by atoms with Gasteiger partial charge >= 0.3 is 0 Å². The number of hydrogen-bond acceptors (Lipinski definition) is 2. The van der Waals surface area contributed by atoms with Gasteiger partial charge in [-0.25, -0.2) is 0 Å². The van der Waals surface area contributed by atoms with Gasteiger partial charge in [0.15, 0.2) is 0 Å². The van der Waals surface area contributed by atoms with E-state index in [1.165, 1.54) is 61.0 Å². The van der Waals surface area contributed by atoms with Gasteiger partial charge in [-0.15, -0.1) is 0 Å². The molecule has 1 N–H and O–H groups in total. The van der Waals surface area contributed by atoms with Gasteiger partial charge in [-0.2, -0.15) is 0 Å². The molecule has 2 nitrogen and oxygen atoms in total. The average Bonchev–Trinajstić information content (AvgIpc) is 3.40. The van der Waals surface area contributed by atoms with Crippen LogP contribution < -0.4 is 4.74 Å². The summed E-state index contributed by atoms with van der Waals surface area (Å²) in [5.41, 5.74) is 13.0. The first-order valence-electron chi connectivity index (χ1n) is 13.5. The number of aliphatic hydroxyl groups excluding tert-OH is 1. The van der Waals surface area contributed by atoms with E-state index in [9.17, 15) is 0 Å². The standard InChI is InChI=1S/C37H28O2/c38-20-21-39-31-17-16-27-22-29(15-14-28(27)23-31)32-18-19-34(26-10-5-2-6-11-26)37-35(32)24-30-12-7-13-33(36(30)37)25-8-3-1-4-9-25/h1-19,22-23,38H,20-21,24H2. The fraction of sp³-hybridized carbons (Fsp3) is 0.0811. The Morgan fingerprint density at radius 1 is 0.538 bits per heavy atom. The van der Waals surface area contributed by atoms with Crippen molar-refractivity contribution >= 4 is 10.8 Å². The monoisotopic (exact) mass is 504 g/mol. The number of rotatable bonds is 6. The highest BCUT2D eigenvalue weighted by Crippen LogP contribution is 2.50. The van der Waals surface area contributed by atoms with Gasteiger partial charge in [-0.05, 0) is 91.0 Å². The topological polar surface area (TPSA) is 29.5 Å². The smallest absolute Gasteiger partial charge is 0.120 e. The maximum absolute atomic E-state index is 9.09. The first-order chi connectivity index (χ1) is 19.3. The highest BCUT2D eigenvalue weighted by Gasteiger charge is 2.28. The maximum atomic E-state index is 9.09. The van der Waals surface area contributed by atoms with Crippen molar-refractivity contribution in [1.82, 2.24) is 0 Å². The number of fused-ring (bicyclic) bond motifs is 4. The zero-order valence-corrected chi connectivity index (χ0v) is 21.6. The Kier molecular flexibility index (Phi) is 5.96. The summed E-state index contributed by atoms with van der Waals surface area (Å²) in [6.45, 7) is 0.310. The largest absolute Gasteiger partial charge is 0.491 e. The van der Waals surface area contributed by atoms with Crippen LogP contribution in [-0.4, -0.2) is 18.3 Å². The van der Waals surface area contributed by atoms with E-state index in [0.29, 0.717) is 6.61 Å². The van der Waals surface area contributed by atoms with Gasteiger partial charge in [0.2, 0.25) is 0 Å². The molecule has 0 atom stereocenters. The Labute approximate surface area is 228 Å². The molecule has 0 saturated carbocycles. The molecular weight excluding hydrogens is 476 g/mol. The van der Waals surface area contributed by atoms with E-state index in [1.807, 2.05) is 12.1 Å². The zero-order valence-electron chi connectivity index (χ0n) is 21.6. The Morgan fingerprint density at radius 2 is 1.21 bits per heavy atom. The molecule has 0 fully saturated rings. The highest BCUT2D eigenvalue weighted by atomic mass is 16.5. The molecule has 7 rings (SSSR count). The van der Waals surface area contributed by atoms with E-state index in [0.717, 1.165) is 17.6 Å². The molecule has 1 aliphatic rings. The lowest BCUT2D eigenvalue weighted by Gasteiger charge is -2.17. The average molecular weight is 505 g/mol. The van der Waals surface area contributed by atoms with Gasteiger partial charge in [0.1, 0.15) is 12.4 Å². The summed E-state index contributed by atoms with van der Waals surface area (Å²) in [6.07, 6.45) is 0.910. The van der Waals surface area contributed by atoms with Gasteiger partial charge in [0.05, 0.1) is 6.61 Å². The minimum Gasteiger partial charge on any atom is -0.491 e. The molecule has 0 aliphatic heterocycles. The second kappa shape index (κ2) is 9.90. The fourth-order valence-corrected chi connectivity index (χ4v) is 5.98. The number of benzene rings is 6. The van der Waals surface area contributed by atoms with Crippen LogP contribution in [0.4, 0.5) is 0 Å². The number of aliphatic hydroxyl groups is 1. The van der Waals surface area contributed by atoms with E-state index in [1.54, 1.807) is 0 Å². The van der Waals surface area contributed by atoms with Crippen LogP contribution in [0.5, 0.6) is 5.75 Å². The lowest BCUT2D eigenvalue weighted by molar-refractivity contribution is 0.201. The molecule has 0 bridgehead atoms. The third-order valence-electron chi connectivity index (χ3n) is 7.73. The Balaban J connectivity index is 1.42. The Hall–Kier alpha value is -4.66. The van der Waals surface area contributed by atoms with E-state index >= 15 is 0 Å². The first kappa shape index (κ1) is 23.5. The van der Waals surface area contributed by atoms with Gasteiger partial charge in [-0.1, -0.05) is 109 Å². The molecule has 1 aliphatic carbocycles. The summed E-state index contributed by atoms with van der Waals surface area (Å²) >= 11 is 0. The van der Waals surface area contributed by atoms with Crippen LogP contribution in [0.2, 0.25) is 0 Å². The molecule has 0 radical (unpaired) electrons. The Bertz CT molecular complexity index is 1800. The molecule has 2 heteroatoms. The lowest BCUT2D eigenvalue weighted by atomic mass is 9.86. The van der Waals surface area contributed by atoms with Crippen molar-refractivity contribution in [3.8, 4) is 50.3 Å². The van der Waals surface area contributed by atoms with Gasteiger partial charge in [-0.3, -0.25) is 0 Å². The molecular formula is C37H28O2. The minimum atomic E-state index is 0.00936. The molecule has 0 unspecified atom stereocenters. The molecule has 0 spiro atoms. The van der Waals surface area contributed by atoms with Crippen LogP contribution in [0, 0.1) is 0 Å². The van der Waals surface area contributed by atoms with Crippen molar-refractivity contribution in [2.24, 2.45) is 0 Å². The molecule has 0 saturated heterocycles. The normalized spacial score (nSPS) is 11.8. The van der Waals surface area contributed by atoms with Gasteiger partial charge in [0, 0.05) is 0 Å². The third kappa shape index (κ3) is 4.20. The molecule has 6 aromatic carbocycles. The summed E-state index contributed by atoms with van der Waals surface area (Å²) in [4.78, 5) is 0. The Morgan fingerprint density at radius 3 is 1.95 bits per heavy atom. The van der Waals surface area contributed by atoms with Crippen molar-refractivity contribution in [2.45, 2.75) is 6.42 Å². The number of ether oxygens (including phenoxy) is 1. The molecule has 0 heterocycles. The quantitative estimate of drug-likeness (QED) is 0.245. The zero-order chi connectivity index (χ0) is 26.2. The summed E-state index contributed by atoms with van der Waals surface area (Å²) in [6, 6.07) is 45.6. The van der Waals surface area contributed by atoms with E-state index in [4.69, 9.17) is 9.84 Å². The lowest BCUT2D eigenvalue weighted by Crippen LogP contribution is -2.01. The highest BCUT2D eigenvalue weighted by molar-refractivity contribution is 6.01. The van der Waals surface area contributed by atoms with Crippen LogP contribution in [0.15, 0.2) is 127 Å². The van der Waals surface area contributed by atoms with Crippen LogP contribution in [-0.2, 0) is 6.42 Å². The molecule has 39 heavy (non-hydrogen) atoms. The van der Waals surface area contributed by atoms with Crippen molar-refractivity contribution in [1.29, 1.82) is 0 Å². The first-order valence-corrected chi connectivity index (χ1v) is 13.5. The molecule has 0 aromatic heterocycles. The van der Waals surface area contributed by atoms with Crippen molar-refractivity contribution in [3.05, 3.63) is 139 Å². The predicted octanol–water partition coefficient (Wildman–Crippen LogP) is 8.78. The van der Waals surface area contributed by atoms with E-state index in [2.05, 4.69) is 115 Å². The van der Waals surface area contributed by atoms with Crippen LogP contribution in [0.3, 0.4) is 0 Å². The SMILES string of the molecule is OCCOc1ccc2cc(-c3ccc(-c4ccccc4)c4c3Cc3cccc(-c5ccccc5)c3-4)ccc2c1. The second-order valence-electron chi connectivity index (χ2n) is 10.1. The van der Waals surface area contributed by atoms with Crippen LogP contribution >= 0.6 is 0 Å². The van der Waals surface area contributed by atoms with Crippen molar-refractivity contribution in [3.63, 3.8) is 0 Å². The number of hydrogen-bond donors (Lipinski definition) is 1. The summed E-state index contributed by atoms with van der Waals surface area (Å²) in [5.74, 6) is 0.779. The summed E-state index contributed by atoms with van der Waals surface area (Å²) in [5, 5.41) is 11.4. The van der Waals surface area contributed by atoms with Crippen molar-refractivity contribution < 1.29 is 9.84 Å². The third-order valence-corrected chi connectivity index (χ3v) is 7.73. The van der Waals surface area contributed by atoms with Gasteiger partial charge < -0.3 is 9.84 Å². The molecule has 6 aromatic rings. The minimum absolute atomic E-state index is 0.00936.